The summed E-state index contributed by atoms with van der Waals surface area (Å²) in [5.41, 5.74) is 4.57. The number of para-hydroxylation sites is 2. The van der Waals surface area contributed by atoms with E-state index in [4.69, 9.17) is 9.47 Å². The van der Waals surface area contributed by atoms with E-state index in [0.29, 0.717) is 17.3 Å². The molecule has 0 radical (unpaired) electrons. The number of carbonyl (C=O) groups excluding carboxylic acids is 1. The van der Waals surface area contributed by atoms with Crippen LogP contribution in [0.4, 0.5) is 5.69 Å². The predicted octanol–water partition coefficient (Wildman–Crippen LogP) is 4.88. The SMILES string of the molecule is COc1ccc(C)cc1NC(=O)Cn1c(COc2ccc(C)cc2)nc2ccccc21. The molecule has 0 saturated heterocycles. The van der Waals surface area contributed by atoms with Gasteiger partial charge in [0.15, 0.2) is 0 Å². The molecule has 4 rings (SSSR count). The predicted molar refractivity (Wildman–Crippen MR) is 122 cm³/mol. The van der Waals surface area contributed by atoms with Crippen molar-refractivity contribution < 1.29 is 14.3 Å². The number of imidazole rings is 1. The third-order valence-electron chi connectivity index (χ3n) is 5.05. The van der Waals surface area contributed by atoms with Gasteiger partial charge in [0.1, 0.15) is 30.5 Å². The Labute approximate surface area is 181 Å². The van der Waals surface area contributed by atoms with Crippen LogP contribution in [-0.2, 0) is 17.9 Å². The molecule has 0 bridgehead atoms. The second-order valence-electron chi connectivity index (χ2n) is 7.46. The van der Waals surface area contributed by atoms with Crippen molar-refractivity contribution in [1.82, 2.24) is 9.55 Å². The maximum absolute atomic E-state index is 12.9. The lowest BCUT2D eigenvalue weighted by atomic mass is 10.2. The number of methoxy groups -OCH3 is 1. The fourth-order valence-electron chi connectivity index (χ4n) is 3.45. The standard InChI is InChI=1S/C25H25N3O3/c1-17-8-11-19(12-9-17)31-16-24-26-20-6-4-5-7-22(20)28(24)15-25(29)27-21-14-18(2)10-13-23(21)30-3/h4-14H,15-16H2,1-3H3,(H,27,29). The van der Waals surface area contributed by atoms with Crippen LogP contribution >= 0.6 is 0 Å². The van der Waals surface area contributed by atoms with E-state index in [1.165, 1.54) is 5.56 Å². The average Bonchev–Trinajstić information content (AvgIpc) is 3.11. The van der Waals surface area contributed by atoms with Crippen LogP contribution in [0.5, 0.6) is 11.5 Å². The number of hydrogen-bond acceptors (Lipinski definition) is 4. The summed E-state index contributed by atoms with van der Waals surface area (Å²) in [7, 11) is 1.59. The van der Waals surface area contributed by atoms with Crippen molar-refractivity contribution in [3.05, 3.63) is 83.7 Å². The zero-order valence-corrected chi connectivity index (χ0v) is 17.9. The van der Waals surface area contributed by atoms with Gasteiger partial charge in [-0.3, -0.25) is 4.79 Å². The lowest BCUT2D eigenvalue weighted by Gasteiger charge is -2.13. The van der Waals surface area contributed by atoms with Crippen LogP contribution in [0.1, 0.15) is 17.0 Å². The summed E-state index contributed by atoms with van der Waals surface area (Å²) in [4.78, 5) is 17.6. The molecule has 0 spiro atoms. The van der Waals surface area contributed by atoms with Crippen molar-refractivity contribution in [2.75, 3.05) is 12.4 Å². The van der Waals surface area contributed by atoms with E-state index in [9.17, 15) is 4.79 Å². The van der Waals surface area contributed by atoms with Crippen LogP contribution in [-0.4, -0.2) is 22.6 Å². The first-order valence-electron chi connectivity index (χ1n) is 10.1. The Morgan fingerprint density at radius 3 is 2.52 bits per heavy atom. The number of ether oxygens (including phenoxy) is 2. The summed E-state index contributed by atoms with van der Waals surface area (Å²) < 4.78 is 13.2. The van der Waals surface area contributed by atoms with E-state index in [2.05, 4.69) is 10.3 Å². The van der Waals surface area contributed by atoms with Gasteiger partial charge in [0.25, 0.3) is 0 Å². The maximum atomic E-state index is 12.9. The zero-order valence-electron chi connectivity index (χ0n) is 17.9. The Bertz CT molecular complexity index is 1210. The Morgan fingerprint density at radius 1 is 1.00 bits per heavy atom. The topological polar surface area (TPSA) is 65.4 Å². The molecular weight excluding hydrogens is 390 g/mol. The fourth-order valence-corrected chi connectivity index (χ4v) is 3.45. The van der Waals surface area contributed by atoms with Gasteiger partial charge in [0, 0.05) is 0 Å². The molecule has 0 atom stereocenters. The Hall–Kier alpha value is -3.80. The molecule has 4 aromatic rings. The number of nitrogens with zero attached hydrogens (tertiary/aromatic N) is 2. The molecule has 0 aliphatic rings. The molecule has 3 aromatic carbocycles. The second-order valence-corrected chi connectivity index (χ2v) is 7.46. The van der Waals surface area contributed by atoms with E-state index >= 15 is 0 Å². The molecule has 1 heterocycles. The molecule has 0 fully saturated rings. The first-order valence-corrected chi connectivity index (χ1v) is 10.1. The monoisotopic (exact) mass is 415 g/mol. The molecule has 31 heavy (non-hydrogen) atoms. The van der Waals surface area contributed by atoms with Gasteiger partial charge in [-0.2, -0.15) is 0 Å². The van der Waals surface area contributed by atoms with Gasteiger partial charge in [-0.15, -0.1) is 0 Å². The fraction of sp³-hybridized carbons (Fsp3) is 0.200. The van der Waals surface area contributed by atoms with Crippen LogP contribution < -0.4 is 14.8 Å². The Balaban J connectivity index is 1.57. The summed E-state index contributed by atoms with van der Waals surface area (Å²) >= 11 is 0. The smallest absolute Gasteiger partial charge is 0.244 e. The molecule has 158 valence electrons. The molecule has 0 aliphatic carbocycles. The van der Waals surface area contributed by atoms with Crippen molar-refractivity contribution in [2.45, 2.75) is 27.0 Å². The third-order valence-corrected chi connectivity index (χ3v) is 5.05. The molecule has 0 saturated carbocycles. The number of aromatic nitrogens is 2. The minimum atomic E-state index is -0.163. The highest BCUT2D eigenvalue weighted by atomic mass is 16.5. The zero-order chi connectivity index (χ0) is 21.8. The summed E-state index contributed by atoms with van der Waals surface area (Å²) in [6.07, 6.45) is 0. The summed E-state index contributed by atoms with van der Waals surface area (Å²) in [6.45, 7) is 4.38. The number of hydrogen-bond donors (Lipinski definition) is 1. The molecule has 1 aromatic heterocycles. The summed E-state index contributed by atoms with van der Waals surface area (Å²) in [5, 5.41) is 2.96. The number of anilines is 1. The van der Waals surface area contributed by atoms with Crippen molar-refractivity contribution in [1.29, 1.82) is 0 Å². The number of fused-ring (bicyclic) bond motifs is 1. The first-order chi connectivity index (χ1) is 15.0. The highest BCUT2D eigenvalue weighted by Gasteiger charge is 2.15. The van der Waals surface area contributed by atoms with Gasteiger partial charge in [-0.25, -0.2) is 4.98 Å². The van der Waals surface area contributed by atoms with Gasteiger partial charge in [-0.05, 0) is 55.8 Å². The van der Waals surface area contributed by atoms with Crippen LogP contribution in [0.3, 0.4) is 0 Å². The highest BCUT2D eigenvalue weighted by Crippen LogP contribution is 2.25. The molecule has 0 unspecified atom stereocenters. The van der Waals surface area contributed by atoms with Crippen molar-refractivity contribution >= 4 is 22.6 Å². The van der Waals surface area contributed by atoms with Gasteiger partial charge >= 0.3 is 0 Å². The van der Waals surface area contributed by atoms with Gasteiger partial charge < -0.3 is 19.4 Å². The highest BCUT2D eigenvalue weighted by molar-refractivity contribution is 5.93. The first kappa shape index (κ1) is 20.5. The largest absolute Gasteiger partial charge is 0.495 e. The number of carbonyl (C=O) groups is 1. The van der Waals surface area contributed by atoms with Crippen molar-refractivity contribution in [2.24, 2.45) is 0 Å². The minimum absolute atomic E-state index is 0.115. The van der Waals surface area contributed by atoms with Crippen molar-refractivity contribution in [3.8, 4) is 11.5 Å². The number of rotatable bonds is 7. The maximum Gasteiger partial charge on any atom is 0.244 e. The Morgan fingerprint density at radius 2 is 1.74 bits per heavy atom. The molecule has 6 nitrogen and oxygen atoms in total. The quantitative estimate of drug-likeness (QED) is 0.467. The summed E-state index contributed by atoms with van der Waals surface area (Å²) in [6, 6.07) is 21.3. The molecule has 1 amide bonds. The Kier molecular flexibility index (Phi) is 5.89. The summed E-state index contributed by atoms with van der Waals surface area (Å²) in [5.74, 6) is 1.91. The van der Waals surface area contributed by atoms with Crippen LogP contribution in [0.2, 0.25) is 0 Å². The normalized spacial score (nSPS) is 10.8. The van der Waals surface area contributed by atoms with Gasteiger partial charge in [0.2, 0.25) is 5.91 Å². The minimum Gasteiger partial charge on any atom is -0.495 e. The molecule has 6 heteroatoms. The number of aryl methyl sites for hydroxylation is 2. The lowest BCUT2D eigenvalue weighted by Crippen LogP contribution is -2.21. The molecular formula is C25H25N3O3. The third kappa shape index (κ3) is 4.69. The van der Waals surface area contributed by atoms with Gasteiger partial charge in [0.05, 0.1) is 23.8 Å². The van der Waals surface area contributed by atoms with E-state index < -0.39 is 0 Å². The molecule has 1 N–H and O–H groups in total. The number of amides is 1. The van der Waals surface area contributed by atoms with Gasteiger partial charge in [-0.1, -0.05) is 35.9 Å². The number of nitrogens with one attached hydrogen (secondary N) is 1. The van der Waals surface area contributed by atoms with E-state index in [1.807, 2.05) is 85.1 Å². The van der Waals surface area contributed by atoms with E-state index in [0.717, 1.165) is 22.3 Å². The average molecular weight is 415 g/mol. The van der Waals surface area contributed by atoms with Crippen LogP contribution in [0.15, 0.2) is 66.7 Å². The molecule has 0 aliphatic heterocycles. The van der Waals surface area contributed by atoms with Crippen molar-refractivity contribution in [3.63, 3.8) is 0 Å². The van der Waals surface area contributed by atoms with E-state index in [1.54, 1.807) is 7.11 Å². The lowest BCUT2D eigenvalue weighted by molar-refractivity contribution is -0.116. The number of benzene rings is 3. The second kappa shape index (κ2) is 8.92. The van der Waals surface area contributed by atoms with Crippen LogP contribution in [0.25, 0.3) is 11.0 Å². The van der Waals surface area contributed by atoms with E-state index in [-0.39, 0.29) is 19.1 Å². The van der Waals surface area contributed by atoms with Crippen LogP contribution in [0, 0.1) is 13.8 Å².